The highest BCUT2D eigenvalue weighted by Crippen LogP contribution is 2.57. The molecule has 0 saturated heterocycles. The maximum atomic E-state index is 11.5. The molecule has 2 aliphatic carbocycles. The van der Waals surface area contributed by atoms with E-state index in [-0.39, 0.29) is 5.41 Å². The number of nitrogens with zero attached hydrogens (tertiary/aromatic N) is 1. The number of rotatable bonds is 2. The lowest BCUT2D eigenvalue weighted by Crippen LogP contribution is -3.11. The second-order valence-corrected chi connectivity index (χ2v) is 7.48. The lowest BCUT2D eigenvalue weighted by atomic mass is 9.52. The fraction of sp³-hybridized carbons (Fsp3) is 0.867. The second kappa shape index (κ2) is 5.20. The Labute approximate surface area is 120 Å². The van der Waals surface area contributed by atoms with Crippen LogP contribution >= 0.6 is 0 Å². The number of nitrogens with one attached hydrogen (secondary N) is 1. The highest BCUT2D eigenvalue weighted by molar-refractivity contribution is 5.15. The van der Waals surface area contributed by atoms with Crippen LogP contribution in [-0.4, -0.2) is 16.8 Å². The van der Waals surface area contributed by atoms with Crippen LogP contribution in [-0.2, 0) is 0 Å². The Morgan fingerprint density at radius 3 is 2.55 bits per heavy atom. The molecule has 5 atom stereocenters. The highest BCUT2D eigenvalue weighted by atomic mass is 16.8. The molecule has 2 rings (SSSR count). The molecule has 0 heterocycles. The van der Waals surface area contributed by atoms with Crippen LogP contribution in [0.5, 0.6) is 0 Å². The summed E-state index contributed by atoms with van der Waals surface area (Å²) in [7, 11) is 0. The van der Waals surface area contributed by atoms with Gasteiger partial charge in [-0.25, -0.2) is 10.4 Å². The first-order valence-electron chi connectivity index (χ1n) is 7.46. The Morgan fingerprint density at radius 2 is 2.05 bits per heavy atom. The number of hydroxylamine groups is 2. The predicted molar refractivity (Wildman–Crippen MR) is 77.1 cm³/mol. The molecule has 5 unspecified atom stereocenters. The van der Waals surface area contributed by atoms with Gasteiger partial charge in [0.05, 0.1) is 0 Å². The van der Waals surface area contributed by atoms with Crippen molar-refractivity contribution >= 4 is 0 Å². The number of hydrogen-bond acceptors (Lipinski definition) is 4. The molecule has 2 aliphatic rings. The molecule has 20 heavy (non-hydrogen) atoms. The van der Waals surface area contributed by atoms with Gasteiger partial charge in [0.15, 0.2) is 5.54 Å². The van der Waals surface area contributed by atoms with Gasteiger partial charge in [0.2, 0.25) is 0 Å². The van der Waals surface area contributed by atoms with Crippen LogP contribution in [0, 0.1) is 27.4 Å². The van der Waals surface area contributed by atoms with E-state index in [0.717, 1.165) is 18.4 Å². The van der Waals surface area contributed by atoms with Crippen molar-refractivity contribution < 1.29 is 10.4 Å². The van der Waals surface area contributed by atoms with Crippen molar-refractivity contribution in [3.63, 3.8) is 0 Å². The maximum Gasteiger partial charge on any atom is 0.154 e. The van der Waals surface area contributed by atoms with Gasteiger partial charge in [-0.2, -0.15) is 0 Å². The van der Waals surface area contributed by atoms with Gasteiger partial charge < -0.3 is 5.21 Å². The summed E-state index contributed by atoms with van der Waals surface area (Å²) in [6.07, 6.45) is 3.72. The lowest BCUT2D eigenvalue weighted by molar-refractivity contribution is -1.07. The SMILES string of the molecule is C=C1CCC([NH+]([O-])O)C(C)(N=O)CCC2C1CC2(C)C. The van der Waals surface area contributed by atoms with Crippen molar-refractivity contribution in [3.8, 4) is 0 Å². The zero-order valence-corrected chi connectivity index (χ0v) is 12.7. The van der Waals surface area contributed by atoms with E-state index in [1.165, 1.54) is 0 Å². The number of nitroso groups, excluding NO2 is 1. The largest absolute Gasteiger partial charge is 0.600 e. The third kappa shape index (κ3) is 2.54. The Morgan fingerprint density at radius 1 is 1.40 bits per heavy atom. The molecule has 2 N–H and O–H groups in total. The number of quaternary nitrogens is 1. The van der Waals surface area contributed by atoms with Crippen LogP contribution in [0.3, 0.4) is 0 Å². The van der Waals surface area contributed by atoms with Crippen molar-refractivity contribution in [2.24, 2.45) is 22.4 Å². The van der Waals surface area contributed by atoms with Crippen molar-refractivity contribution in [2.45, 2.75) is 64.5 Å². The molecule has 0 aromatic carbocycles. The topological polar surface area (TPSA) is 77.2 Å². The number of fused-ring (bicyclic) bond motifs is 1. The summed E-state index contributed by atoms with van der Waals surface area (Å²) in [4.78, 5) is 11.3. The minimum absolute atomic E-state index is 0.264. The first-order valence-corrected chi connectivity index (χ1v) is 7.46. The average Bonchev–Trinajstić information content (AvgIpc) is 2.39. The molecule has 5 heteroatoms. The molecule has 0 spiro atoms. The molecular weight excluding hydrogens is 256 g/mol. The number of hydrogen-bond donors (Lipinski definition) is 2. The van der Waals surface area contributed by atoms with Gasteiger partial charge in [-0.15, -0.1) is 4.91 Å². The van der Waals surface area contributed by atoms with E-state index in [0.29, 0.717) is 31.1 Å². The van der Waals surface area contributed by atoms with Crippen molar-refractivity contribution in [2.75, 3.05) is 0 Å². The minimum Gasteiger partial charge on any atom is -0.600 e. The van der Waals surface area contributed by atoms with E-state index in [4.69, 9.17) is 0 Å². The summed E-state index contributed by atoms with van der Waals surface area (Å²) in [5.74, 6) is 0.997. The maximum absolute atomic E-state index is 11.5. The molecule has 0 radical (unpaired) electrons. The molecule has 2 fully saturated rings. The molecule has 0 aromatic heterocycles. The van der Waals surface area contributed by atoms with Gasteiger partial charge in [0.25, 0.3) is 0 Å². The van der Waals surface area contributed by atoms with Gasteiger partial charge in [0, 0.05) is 6.42 Å². The summed E-state index contributed by atoms with van der Waals surface area (Å²) in [6.45, 7) is 10.4. The van der Waals surface area contributed by atoms with E-state index in [1.54, 1.807) is 6.92 Å². The fourth-order valence-corrected chi connectivity index (χ4v) is 4.21. The Hall–Kier alpha value is -0.780. The molecule has 0 bridgehead atoms. The summed E-state index contributed by atoms with van der Waals surface area (Å²) < 4.78 is 0. The fourth-order valence-electron chi connectivity index (χ4n) is 4.21. The Bertz CT molecular complexity index is 408. The van der Waals surface area contributed by atoms with Gasteiger partial charge in [-0.3, -0.25) is 0 Å². The summed E-state index contributed by atoms with van der Waals surface area (Å²) in [6, 6.07) is -0.697. The monoisotopic (exact) mass is 282 g/mol. The average molecular weight is 282 g/mol. The first kappa shape index (κ1) is 15.6. The van der Waals surface area contributed by atoms with Crippen LogP contribution in [0.25, 0.3) is 0 Å². The number of allylic oxidation sites excluding steroid dienone is 1. The molecule has 2 saturated carbocycles. The molecule has 0 aromatic rings. The summed E-state index contributed by atoms with van der Waals surface area (Å²) >= 11 is 0. The Balaban J connectivity index is 2.25. The third-order valence-corrected chi connectivity index (χ3v) is 5.73. The highest BCUT2D eigenvalue weighted by Gasteiger charge is 2.51. The van der Waals surface area contributed by atoms with Crippen LogP contribution in [0.1, 0.15) is 52.9 Å². The van der Waals surface area contributed by atoms with E-state index in [9.17, 15) is 15.3 Å². The normalized spacial score (nSPS) is 42.5. The zero-order chi connectivity index (χ0) is 15.1. The van der Waals surface area contributed by atoms with E-state index in [2.05, 4.69) is 25.6 Å². The molecular formula is C15H26N2O3. The molecule has 114 valence electrons. The van der Waals surface area contributed by atoms with Gasteiger partial charge in [-0.1, -0.05) is 31.2 Å². The molecule has 0 aliphatic heterocycles. The van der Waals surface area contributed by atoms with Crippen molar-refractivity contribution in [1.82, 2.24) is 0 Å². The first-order chi connectivity index (χ1) is 9.21. The van der Waals surface area contributed by atoms with Crippen molar-refractivity contribution in [1.29, 1.82) is 0 Å². The van der Waals surface area contributed by atoms with Crippen LogP contribution in [0.4, 0.5) is 0 Å². The Kier molecular flexibility index (Phi) is 4.06. The second-order valence-electron chi connectivity index (χ2n) is 7.48. The standard InChI is InChI=1S/C15H26N2O3/c1-10-5-6-13(17(19)20)15(4,16-18)8-7-12-11(10)9-14(12,2)3/h11-13,17,19H,1,5-9H2,2-4H3. The van der Waals surface area contributed by atoms with Crippen LogP contribution in [0.15, 0.2) is 17.3 Å². The zero-order valence-electron chi connectivity index (χ0n) is 12.7. The smallest absolute Gasteiger partial charge is 0.154 e. The van der Waals surface area contributed by atoms with E-state index in [1.807, 2.05) is 0 Å². The predicted octanol–water partition coefficient (Wildman–Crippen LogP) is 2.44. The summed E-state index contributed by atoms with van der Waals surface area (Å²) in [5.41, 5.74) is 0.434. The van der Waals surface area contributed by atoms with Gasteiger partial charge >= 0.3 is 0 Å². The molecule has 5 nitrogen and oxygen atoms in total. The quantitative estimate of drug-likeness (QED) is 0.464. The summed E-state index contributed by atoms with van der Waals surface area (Å²) in [5, 5.41) is 23.2. The van der Waals surface area contributed by atoms with E-state index < -0.39 is 16.8 Å². The van der Waals surface area contributed by atoms with Crippen molar-refractivity contribution in [3.05, 3.63) is 22.3 Å². The lowest BCUT2D eigenvalue weighted by Gasteiger charge is -2.53. The third-order valence-electron chi connectivity index (χ3n) is 5.73. The minimum atomic E-state index is -0.993. The van der Waals surface area contributed by atoms with Crippen LogP contribution in [0.2, 0.25) is 0 Å². The van der Waals surface area contributed by atoms with Gasteiger partial charge in [0.1, 0.15) is 6.04 Å². The van der Waals surface area contributed by atoms with E-state index >= 15 is 0 Å². The van der Waals surface area contributed by atoms with Crippen LogP contribution < -0.4 is 5.23 Å². The van der Waals surface area contributed by atoms with Gasteiger partial charge in [-0.05, 0) is 49.9 Å². The molecule has 0 amide bonds.